The predicted molar refractivity (Wildman–Crippen MR) is 128 cm³/mol. The van der Waals surface area contributed by atoms with Crippen LogP contribution in [0.1, 0.15) is 38.3 Å². The number of nitrogens with one attached hydrogen (secondary N) is 4. The number of halogens is 2. The maximum atomic E-state index is 13.7. The summed E-state index contributed by atoms with van der Waals surface area (Å²) in [6, 6.07) is 10.4. The molecular formula is C24H23ClFN7. The van der Waals surface area contributed by atoms with E-state index in [2.05, 4.69) is 32.6 Å². The second-order valence-corrected chi connectivity index (χ2v) is 8.38. The van der Waals surface area contributed by atoms with Crippen molar-refractivity contribution in [3.8, 4) is 6.07 Å². The van der Waals surface area contributed by atoms with Crippen molar-refractivity contribution in [3.05, 3.63) is 76.5 Å². The monoisotopic (exact) mass is 464 g/mol. The molecule has 1 unspecified atom stereocenters. The third-order valence-electron chi connectivity index (χ3n) is 5.60. The van der Waals surface area contributed by atoms with Gasteiger partial charge in [-0.05, 0) is 49.6 Å². The fourth-order valence-electron chi connectivity index (χ4n) is 3.84. The van der Waals surface area contributed by atoms with Crippen LogP contribution in [0.2, 0.25) is 5.02 Å². The molecule has 7 nitrogen and oxygen atoms in total. The molecule has 2 aliphatic rings. The smallest absolute Gasteiger partial charge is 0.123 e. The van der Waals surface area contributed by atoms with Crippen LogP contribution in [-0.2, 0) is 0 Å². The normalized spacial score (nSPS) is 17.6. The molecule has 4 N–H and O–H groups in total. The van der Waals surface area contributed by atoms with Gasteiger partial charge in [-0.2, -0.15) is 5.26 Å². The van der Waals surface area contributed by atoms with Gasteiger partial charge in [0.05, 0.1) is 34.9 Å². The van der Waals surface area contributed by atoms with E-state index in [1.165, 1.54) is 18.3 Å². The maximum absolute atomic E-state index is 13.7. The highest BCUT2D eigenvalue weighted by molar-refractivity contribution is 6.35. The van der Waals surface area contributed by atoms with Gasteiger partial charge in [0.25, 0.3) is 0 Å². The predicted octanol–water partition coefficient (Wildman–Crippen LogP) is 4.81. The summed E-state index contributed by atoms with van der Waals surface area (Å²) in [5.41, 5.74) is 9.44. The Morgan fingerprint density at radius 2 is 2.15 bits per heavy atom. The third-order valence-corrected chi connectivity index (χ3v) is 5.89. The lowest BCUT2D eigenvalue weighted by molar-refractivity contribution is 0.260. The van der Waals surface area contributed by atoms with Gasteiger partial charge in [-0.15, -0.1) is 5.53 Å². The molecule has 3 aromatic rings. The summed E-state index contributed by atoms with van der Waals surface area (Å²) in [7, 11) is 0. The number of pyridine rings is 1. The van der Waals surface area contributed by atoms with E-state index < -0.39 is 6.02 Å². The number of anilines is 2. The Morgan fingerprint density at radius 3 is 2.85 bits per heavy atom. The second kappa shape index (κ2) is 8.77. The number of aromatic nitrogens is 1. The highest BCUT2D eigenvalue weighted by Crippen LogP contribution is 2.36. The van der Waals surface area contributed by atoms with Gasteiger partial charge in [-0.25, -0.2) is 4.39 Å². The number of nitriles is 1. The molecule has 0 radical (unpaired) electrons. The Labute approximate surface area is 197 Å². The molecule has 33 heavy (non-hydrogen) atoms. The lowest BCUT2D eigenvalue weighted by Gasteiger charge is -2.22. The average Bonchev–Trinajstić information content (AvgIpc) is 3.55. The van der Waals surface area contributed by atoms with Gasteiger partial charge in [0.15, 0.2) is 0 Å². The second-order valence-electron chi connectivity index (χ2n) is 7.97. The number of hydrazine groups is 2. The van der Waals surface area contributed by atoms with Crippen molar-refractivity contribution in [2.75, 3.05) is 17.2 Å². The summed E-state index contributed by atoms with van der Waals surface area (Å²) < 4.78 is 23.1. The molecule has 0 bridgehead atoms. The lowest BCUT2D eigenvalue weighted by Crippen LogP contribution is -2.38. The van der Waals surface area contributed by atoms with E-state index in [-0.39, 0.29) is 5.82 Å². The maximum Gasteiger partial charge on any atom is 0.123 e. The minimum atomic E-state index is -1.49. The molecule has 1 fully saturated rings. The summed E-state index contributed by atoms with van der Waals surface area (Å²) in [4.78, 5) is 4.36. The highest BCUT2D eigenvalue weighted by Gasteiger charge is 2.32. The van der Waals surface area contributed by atoms with Gasteiger partial charge in [0, 0.05) is 36.1 Å². The first-order valence-electron chi connectivity index (χ1n) is 11.3. The Hall–Kier alpha value is -3.54. The molecule has 2 heterocycles. The van der Waals surface area contributed by atoms with Crippen molar-refractivity contribution in [2.45, 2.75) is 31.8 Å². The van der Waals surface area contributed by atoms with Gasteiger partial charge in [0.2, 0.25) is 0 Å². The topological polar surface area (TPSA) is 88.0 Å². The molecule has 9 heteroatoms. The van der Waals surface area contributed by atoms with E-state index in [9.17, 15) is 11.0 Å². The molecule has 1 aliphatic carbocycles. The molecule has 0 spiro atoms. The first-order chi connectivity index (χ1) is 16.4. The Morgan fingerprint density at radius 1 is 1.36 bits per heavy atom. The summed E-state index contributed by atoms with van der Waals surface area (Å²) in [5.74, 6) is -0.378. The average molecular weight is 465 g/mol. The Kier molecular flexibility index (Phi) is 5.34. The summed E-state index contributed by atoms with van der Waals surface area (Å²) in [5, 5.41) is 19.1. The fraction of sp³-hybridized carbons (Fsp3) is 0.250. The molecule has 1 aromatic heterocycles. The van der Waals surface area contributed by atoms with Crippen molar-refractivity contribution >= 4 is 33.9 Å². The standard InChI is InChI=1S/C24H23ClFN7/c1-2-28-22-15(11-27)12-29-24-19(22)9-17(10-20(24)25)30-23(14-3-5-16(26)6-4-14)21-13-33(32-31-21)18-7-8-18/h3-6,9-10,12-13,18,23,30-32H,2,7-8H2,1H3,(H,28,29)/i23D. The first-order valence-corrected chi connectivity index (χ1v) is 11.1. The largest absolute Gasteiger partial charge is 0.384 e. The zero-order valence-corrected chi connectivity index (χ0v) is 18.7. The first kappa shape index (κ1) is 20.1. The quantitative estimate of drug-likeness (QED) is 0.399. The van der Waals surface area contributed by atoms with Gasteiger partial charge in [-0.3, -0.25) is 9.99 Å². The fourth-order valence-corrected chi connectivity index (χ4v) is 4.11. The molecule has 0 amide bonds. The summed E-state index contributed by atoms with van der Waals surface area (Å²) in [6.07, 6.45) is 5.52. The minimum Gasteiger partial charge on any atom is -0.384 e. The number of nitrogens with zero attached hydrogens (tertiary/aromatic N) is 3. The van der Waals surface area contributed by atoms with Crippen LogP contribution in [0.5, 0.6) is 0 Å². The van der Waals surface area contributed by atoms with E-state index in [1.54, 1.807) is 18.2 Å². The molecule has 1 atom stereocenters. The summed E-state index contributed by atoms with van der Waals surface area (Å²) >= 11 is 6.58. The van der Waals surface area contributed by atoms with Crippen LogP contribution in [0.15, 0.2) is 54.5 Å². The van der Waals surface area contributed by atoms with E-state index in [4.69, 9.17) is 11.6 Å². The third kappa shape index (κ3) is 4.25. The molecule has 1 saturated carbocycles. The van der Waals surface area contributed by atoms with Crippen LogP contribution in [-0.4, -0.2) is 22.6 Å². The minimum absolute atomic E-state index is 0.378. The zero-order valence-electron chi connectivity index (χ0n) is 18.9. The van der Waals surface area contributed by atoms with Gasteiger partial charge < -0.3 is 16.1 Å². The molecule has 5 rings (SSSR count). The van der Waals surface area contributed by atoms with Crippen LogP contribution >= 0.6 is 11.6 Å². The van der Waals surface area contributed by atoms with E-state index in [0.717, 1.165) is 12.8 Å². The zero-order chi connectivity index (χ0) is 23.9. The Balaban J connectivity index is 1.61. The van der Waals surface area contributed by atoms with Crippen LogP contribution in [0.3, 0.4) is 0 Å². The van der Waals surface area contributed by atoms with Crippen molar-refractivity contribution < 1.29 is 5.76 Å². The Bertz CT molecular complexity index is 1320. The highest BCUT2D eigenvalue weighted by atomic mass is 35.5. The summed E-state index contributed by atoms with van der Waals surface area (Å²) in [6.45, 7) is 2.55. The number of benzene rings is 2. The van der Waals surface area contributed by atoms with Crippen LogP contribution in [0.25, 0.3) is 10.9 Å². The van der Waals surface area contributed by atoms with Gasteiger partial charge in [-0.1, -0.05) is 23.7 Å². The van der Waals surface area contributed by atoms with Gasteiger partial charge >= 0.3 is 0 Å². The van der Waals surface area contributed by atoms with Crippen molar-refractivity contribution in [1.29, 1.82) is 5.26 Å². The molecule has 168 valence electrons. The van der Waals surface area contributed by atoms with Crippen LogP contribution in [0.4, 0.5) is 15.8 Å². The molecular weight excluding hydrogens is 441 g/mol. The van der Waals surface area contributed by atoms with E-state index in [0.29, 0.717) is 56.7 Å². The lowest BCUT2D eigenvalue weighted by atomic mass is 10.0. The van der Waals surface area contributed by atoms with Crippen molar-refractivity contribution in [3.63, 3.8) is 0 Å². The molecule has 1 aliphatic heterocycles. The molecule has 2 aromatic carbocycles. The van der Waals surface area contributed by atoms with Crippen LogP contribution < -0.4 is 21.6 Å². The number of hydrogen-bond donors (Lipinski definition) is 4. The van der Waals surface area contributed by atoms with Crippen molar-refractivity contribution in [1.82, 2.24) is 21.0 Å². The SMILES string of the molecule is [2H]C(Nc1cc(Cl)c2ncc(C#N)c(NCC)c2c1)(C1=CN(C2CC2)NN1)c1ccc(F)cc1. The number of rotatable bonds is 7. The van der Waals surface area contributed by atoms with Crippen molar-refractivity contribution in [2.24, 2.45) is 0 Å². The number of fused-ring (bicyclic) bond motifs is 1. The molecule has 0 saturated heterocycles. The van der Waals surface area contributed by atoms with Gasteiger partial charge in [0.1, 0.15) is 11.9 Å². The van der Waals surface area contributed by atoms with Crippen LogP contribution in [0, 0.1) is 17.1 Å². The van der Waals surface area contributed by atoms with E-state index >= 15 is 0 Å². The van der Waals surface area contributed by atoms with E-state index in [1.807, 2.05) is 24.2 Å². The number of hydrogen-bond acceptors (Lipinski definition) is 7.